The first-order chi connectivity index (χ1) is 15.8. The van der Waals surface area contributed by atoms with Crippen molar-refractivity contribution in [3.05, 3.63) is 45.6 Å². The third-order valence-corrected chi connectivity index (χ3v) is 5.33. The Labute approximate surface area is 191 Å². The lowest BCUT2D eigenvalue weighted by atomic mass is 9.95. The van der Waals surface area contributed by atoms with Crippen LogP contribution in [0.3, 0.4) is 0 Å². The first-order valence-corrected chi connectivity index (χ1v) is 10.5. The van der Waals surface area contributed by atoms with Crippen molar-refractivity contribution in [3.8, 4) is 34.1 Å². The van der Waals surface area contributed by atoms with Crippen molar-refractivity contribution in [3.63, 3.8) is 0 Å². The molecule has 3 rings (SSSR count). The number of methoxy groups -OCH3 is 3. The minimum absolute atomic E-state index is 0.147. The van der Waals surface area contributed by atoms with E-state index in [4.69, 9.17) is 23.7 Å². The molecule has 1 amide bonds. The third-order valence-electron chi connectivity index (χ3n) is 5.33. The molecule has 0 saturated heterocycles. The van der Waals surface area contributed by atoms with Crippen molar-refractivity contribution in [1.29, 1.82) is 0 Å². The maximum atomic E-state index is 12.7. The van der Waals surface area contributed by atoms with Gasteiger partial charge in [0.1, 0.15) is 0 Å². The Balaban J connectivity index is 2.33. The van der Waals surface area contributed by atoms with Crippen LogP contribution in [-0.4, -0.2) is 40.0 Å². The van der Waals surface area contributed by atoms with Gasteiger partial charge in [-0.1, -0.05) is 6.07 Å². The van der Waals surface area contributed by atoms with E-state index in [2.05, 4.69) is 5.32 Å². The van der Waals surface area contributed by atoms with Crippen molar-refractivity contribution < 1.29 is 33.3 Å². The maximum absolute atomic E-state index is 12.7. The van der Waals surface area contributed by atoms with Crippen molar-refractivity contribution >= 4 is 12.1 Å². The van der Waals surface area contributed by atoms with Crippen molar-refractivity contribution in [2.45, 2.75) is 32.7 Å². The number of aryl methyl sites for hydroxylation is 1. The summed E-state index contributed by atoms with van der Waals surface area (Å²) < 4.78 is 26.7. The lowest BCUT2D eigenvalue weighted by molar-refractivity contribution is -0.119. The van der Waals surface area contributed by atoms with E-state index in [1.54, 1.807) is 25.1 Å². The number of carbonyl (C=O) groups is 2. The van der Waals surface area contributed by atoms with Gasteiger partial charge in [0, 0.05) is 12.5 Å². The summed E-state index contributed by atoms with van der Waals surface area (Å²) in [6.45, 7) is 3.26. The minimum Gasteiger partial charge on any atom is -0.493 e. The van der Waals surface area contributed by atoms with Gasteiger partial charge in [0.05, 0.1) is 34.0 Å². The van der Waals surface area contributed by atoms with Crippen LogP contribution in [-0.2, 0) is 16.0 Å². The van der Waals surface area contributed by atoms with Crippen LogP contribution in [0.1, 0.15) is 37.4 Å². The van der Waals surface area contributed by atoms with Gasteiger partial charge in [-0.15, -0.1) is 0 Å². The van der Waals surface area contributed by atoms with Gasteiger partial charge in [0.2, 0.25) is 17.1 Å². The summed E-state index contributed by atoms with van der Waals surface area (Å²) in [6.07, 6.45) is 0.138. The quantitative estimate of drug-likeness (QED) is 0.519. The number of ether oxygens (including phenoxy) is 5. The van der Waals surface area contributed by atoms with E-state index in [-0.39, 0.29) is 35.2 Å². The number of hydrogen-bond acceptors (Lipinski definition) is 8. The summed E-state index contributed by atoms with van der Waals surface area (Å²) in [5.74, 6) is 0.622. The molecule has 0 fully saturated rings. The van der Waals surface area contributed by atoms with Crippen molar-refractivity contribution in [1.82, 2.24) is 5.32 Å². The Hall–Kier alpha value is -3.75. The zero-order chi connectivity index (χ0) is 24.1. The van der Waals surface area contributed by atoms with E-state index < -0.39 is 12.2 Å². The average Bonchev–Trinajstić information content (AvgIpc) is 3.01. The van der Waals surface area contributed by atoms with E-state index in [1.165, 1.54) is 34.3 Å². The summed E-state index contributed by atoms with van der Waals surface area (Å²) in [4.78, 5) is 36.7. The van der Waals surface area contributed by atoms with Crippen LogP contribution in [0.25, 0.3) is 11.1 Å². The molecule has 0 saturated carbocycles. The molecule has 33 heavy (non-hydrogen) atoms. The molecule has 0 radical (unpaired) electrons. The van der Waals surface area contributed by atoms with Crippen molar-refractivity contribution in [2.75, 3.05) is 27.9 Å². The third kappa shape index (κ3) is 4.87. The van der Waals surface area contributed by atoms with Gasteiger partial charge in [-0.2, -0.15) is 0 Å². The van der Waals surface area contributed by atoms with E-state index in [0.29, 0.717) is 35.3 Å². The predicted octanol–water partition coefficient (Wildman–Crippen LogP) is 3.40. The SMILES string of the molecule is CCOC(=O)Oc1cc2c(c(OC)c1OC)-c1ccc(OC)c(=O)cc1C(NC(C)=O)CC2. The molecule has 1 N–H and O–H groups in total. The fraction of sp³-hybridized carbons (Fsp3) is 0.375. The number of amides is 1. The molecule has 9 heteroatoms. The highest BCUT2D eigenvalue weighted by Gasteiger charge is 2.30. The molecule has 2 aromatic carbocycles. The molecule has 2 aromatic rings. The molecule has 0 heterocycles. The van der Waals surface area contributed by atoms with Crippen LogP contribution in [0, 0.1) is 0 Å². The highest BCUT2D eigenvalue weighted by atomic mass is 16.7. The van der Waals surface area contributed by atoms with Gasteiger partial charge in [-0.05, 0) is 54.7 Å². The lowest BCUT2D eigenvalue weighted by Crippen LogP contribution is -2.26. The Bertz CT molecular complexity index is 1130. The lowest BCUT2D eigenvalue weighted by Gasteiger charge is -2.19. The molecule has 1 aliphatic carbocycles. The molecule has 0 aliphatic heterocycles. The van der Waals surface area contributed by atoms with Crippen molar-refractivity contribution in [2.24, 2.45) is 0 Å². The van der Waals surface area contributed by atoms with Gasteiger partial charge >= 0.3 is 6.16 Å². The zero-order valence-electron chi connectivity index (χ0n) is 19.3. The number of hydrogen-bond donors (Lipinski definition) is 1. The Morgan fingerprint density at radius 3 is 2.36 bits per heavy atom. The summed E-state index contributed by atoms with van der Waals surface area (Å²) in [5, 5.41) is 2.92. The molecule has 1 unspecified atom stereocenters. The first-order valence-electron chi connectivity index (χ1n) is 10.5. The van der Waals surface area contributed by atoms with Crippen LogP contribution < -0.4 is 29.7 Å². The number of nitrogens with one attached hydrogen (secondary N) is 1. The molecule has 0 bridgehead atoms. The first kappa shape index (κ1) is 23.9. The highest BCUT2D eigenvalue weighted by molar-refractivity contribution is 5.84. The molecule has 176 valence electrons. The van der Waals surface area contributed by atoms with Gasteiger partial charge in [0.25, 0.3) is 0 Å². The molecule has 1 atom stereocenters. The number of benzene rings is 1. The maximum Gasteiger partial charge on any atom is 0.513 e. The fourth-order valence-electron chi connectivity index (χ4n) is 4.02. The molecular formula is C24H27NO8. The monoisotopic (exact) mass is 457 g/mol. The van der Waals surface area contributed by atoms with Gasteiger partial charge < -0.3 is 29.0 Å². The summed E-state index contributed by atoms with van der Waals surface area (Å²) in [5.41, 5.74) is 2.44. The highest BCUT2D eigenvalue weighted by Crippen LogP contribution is 2.50. The second-order valence-corrected chi connectivity index (χ2v) is 7.33. The summed E-state index contributed by atoms with van der Waals surface area (Å²) in [6, 6.07) is 6.06. The smallest absolute Gasteiger partial charge is 0.493 e. The Kier molecular flexibility index (Phi) is 7.42. The van der Waals surface area contributed by atoms with Crippen LogP contribution in [0.15, 0.2) is 29.1 Å². The van der Waals surface area contributed by atoms with Crippen LogP contribution in [0.4, 0.5) is 4.79 Å². The summed E-state index contributed by atoms with van der Waals surface area (Å²) in [7, 11) is 4.33. The van der Waals surface area contributed by atoms with E-state index in [0.717, 1.165) is 5.56 Å². The average molecular weight is 457 g/mol. The number of fused-ring (bicyclic) bond motifs is 3. The van der Waals surface area contributed by atoms with E-state index >= 15 is 0 Å². The molecule has 0 spiro atoms. The molecule has 1 aliphatic rings. The predicted molar refractivity (Wildman–Crippen MR) is 120 cm³/mol. The zero-order valence-corrected chi connectivity index (χ0v) is 19.3. The molecule has 0 aromatic heterocycles. The summed E-state index contributed by atoms with van der Waals surface area (Å²) >= 11 is 0. The standard InChI is InChI=1S/C24H27NO8/c1-6-32-24(28)33-20-11-14-7-9-17(25-13(2)26)16-12-18(27)19(29-3)10-8-15(16)21(14)23(31-5)22(20)30-4/h8,10-12,17H,6-7,9H2,1-5H3,(H,25,26). The van der Waals surface area contributed by atoms with Gasteiger partial charge in [-0.3, -0.25) is 9.59 Å². The van der Waals surface area contributed by atoms with E-state index in [9.17, 15) is 14.4 Å². The normalized spacial score (nSPS) is 14.2. The second kappa shape index (κ2) is 10.2. The minimum atomic E-state index is -0.866. The van der Waals surface area contributed by atoms with Crippen LogP contribution in [0.5, 0.6) is 23.0 Å². The number of rotatable bonds is 6. The number of carbonyl (C=O) groups excluding carboxylic acids is 2. The van der Waals surface area contributed by atoms with Gasteiger partial charge in [0.15, 0.2) is 17.2 Å². The molecular weight excluding hydrogens is 430 g/mol. The fourth-order valence-corrected chi connectivity index (χ4v) is 4.02. The van der Waals surface area contributed by atoms with Crippen LogP contribution >= 0.6 is 0 Å². The Morgan fingerprint density at radius 2 is 1.76 bits per heavy atom. The van der Waals surface area contributed by atoms with Crippen LogP contribution in [0.2, 0.25) is 0 Å². The Morgan fingerprint density at radius 1 is 1.03 bits per heavy atom. The van der Waals surface area contributed by atoms with Gasteiger partial charge in [-0.25, -0.2) is 4.79 Å². The molecule has 9 nitrogen and oxygen atoms in total. The van der Waals surface area contributed by atoms with E-state index in [1.807, 2.05) is 0 Å². The second-order valence-electron chi connectivity index (χ2n) is 7.33. The topological polar surface area (TPSA) is 109 Å². The largest absolute Gasteiger partial charge is 0.513 e.